The van der Waals surface area contributed by atoms with Crippen LogP contribution in [0.5, 0.6) is 0 Å². The van der Waals surface area contributed by atoms with Crippen molar-refractivity contribution in [3.05, 3.63) is 65.1 Å². The summed E-state index contributed by atoms with van der Waals surface area (Å²) in [6.45, 7) is 5.12. The van der Waals surface area contributed by atoms with E-state index in [4.69, 9.17) is 11.6 Å². The summed E-state index contributed by atoms with van der Waals surface area (Å²) >= 11 is 6.11. The van der Waals surface area contributed by atoms with Gasteiger partial charge in [0.25, 0.3) is 0 Å². The van der Waals surface area contributed by atoms with Gasteiger partial charge in [0.2, 0.25) is 0 Å². The Morgan fingerprint density at radius 3 is 2.62 bits per heavy atom. The summed E-state index contributed by atoms with van der Waals surface area (Å²) in [5, 5.41) is 21.2. The van der Waals surface area contributed by atoms with E-state index in [0.29, 0.717) is 5.82 Å². The number of rotatable bonds is 4. The average molecular weight is 408 g/mol. The van der Waals surface area contributed by atoms with E-state index in [1.54, 1.807) is 0 Å². The molecule has 2 N–H and O–H groups in total. The Morgan fingerprint density at radius 2 is 1.93 bits per heavy atom. The number of aromatic amines is 1. The first-order valence-electron chi connectivity index (χ1n) is 9.59. The third-order valence-electron chi connectivity index (χ3n) is 5.43. The molecule has 3 aromatic rings. The smallest absolute Gasteiger partial charge is 0.152 e. The van der Waals surface area contributed by atoms with Crippen LogP contribution in [0, 0.1) is 11.3 Å². The molecule has 2 heterocycles. The van der Waals surface area contributed by atoms with Crippen LogP contribution in [0.15, 0.2) is 54.3 Å². The van der Waals surface area contributed by atoms with Crippen LogP contribution in [-0.4, -0.2) is 52.2 Å². The SMILES string of the molecule is C[C@@H](/C(O)=C(\C#N)c1nc2ccccc2[nH]1)N1CCN(c2cccc(Cl)c2)CC1. The number of nitrogens with one attached hydrogen (secondary N) is 1. The number of aliphatic hydroxyl groups is 1. The lowest BCUT2D eigenvalue weighted by atomic mass is 10.1. The van der Waals surface area contributed by atoms with Gasteiger partial charge < -0.3 is 15.0 Å². The number of anilines is 1. The Hall–Kier alpha value is -3.01. The molecule has 0 spiro atoms. The number of hydrogen-bond donors (Lipinski definition) is 2. The summed E-state index contributed by atoms with van der Waals surface area (Å²) in [4.78, 5) is 12.0. The molecule has 0 radical (unpaired) electrons. The monoisotopic (exact) mass is 407 g/mol. The van der Waals surface area contributed by atoms with E-state index in [0.717, 1.165) is 47.9 Å². The fourth-order valence-corrected chi connectivity index (χ4v) is 3.91. The van der Waals surface area contributed by atoms with E-state index >= 15 is 0 Å². The fourth-order valence-electron chi connectivity index (χ4n) is 3.72. The van der Waals surface area contributed by atoms with Crippen LogP contribution in [0.1, 0.15) is 12.7 Å². The first kappa shape index (κ1) is 19.3. The molecule has 1 saturated heterocycles. The highest BCUT2D eigenvalue weighted by atomic mass is 35.5. The molecular formula is C22H22ClN5O. The van der Waals surface area contributed by atoms with Crippen molar-refractivity contribution in [2.75, 3.05) is 31.1 Å². The molecule has 0 aliphatic carbocycles. The van der Waals surface area contributed by atoms with Gasteiger partial charge in [-0.25, -0.2) is 4.98 Å². The number of benzene rings is 2. The number of aromatic nitrogens is 2. The van der Waals surface area contributed by atoms with Crippen molar-refractivity contribution in [1.82, 2.24) is 14.9 Å². The van der Waals surface area contributed by atoms with Crippen molar-refractivity contribution in [1.29, 1.82) is 5.26 Å². The van der Waals surface area contributed by atoms with Gasteiger partial charge in [-0.1, -0.05) is 29.8 Å². The molecule has 0 bridgehead atoms. The summed E-state index contributed by atoms with van der Waals surface area (Å²) in [6, 6.07) is 17.3. The molecule has 1 atom stereocenters. The molecule has 4 rings (SSSR count). The minimum atomic E-state index is -0.278. The average Bonchev–Trinajstić information content (AvgIpc) is 3.17. The number of fused-ring (bicyclic) bond motifs is 1. The third-order valence-corrected chi connectivity index (χ3v) is 5.66. The molecule has 1 fully saturated rings. The van der Waals surface area contributed by atoms with E-state index in [9.17, 15) is 10.4 Å². The molecule has 1 aliphatic heterocycles. The maximum Gasteiger partial charge on any atom is 0.152 e. The van der Waals surface area contributed by atoms with Crippen molar-refractivity contribution in [3.63, 3.8) is 0 Å². The predicted octanol–water partition coefficient (Wildman–Crippen LogP) is 4.22. The zero-order chi connectivity index (χ0) is 20.4. The minimum Gasteiger partial charge on any atom is -0.509 e. The Morgan fingerprint density at radius 1 is 1.17 bits per heavy atom. The van der Waals surface area contributed by atoms with Gasteiger partial charge in [-0.05, 0) is 37.3 Å². The normalized spacial score (nSPS) is 17.1. The Labute approximate surface area is 174 Å². The number of hydrogen-bond acceptors (Lipinski definition) is 5. The highest BCUT2D eigenvalue weighted by Gasteiger charge is 2.26. The summed E-state index contributed by atoms with van der Waals surface area (Å²) in [5.74, 6) is 0.443. The summed E-state index contributed by atoms with van der Waals surface area (Å²) < 4.78 is 0. The molecule has 1 aromatic heterocycles. The van der Waals surface area contributed by atoms with Crippen molar-refractivity contribution in [3.8, 4) is 6.07 Å². The Bertz CT molecular complexity index is 1060. The molecular weight excluding hydrogens is 386 g/mol. The lowest BCUT2D eigenvalue weighted by Crippen LogP contribution is -2.50. The largest absolute Gasteiger partial charge is 0.509 e. The van der Waals surface area contributed by atoms with Gasteiger partial charge in [0.15, 0.2) is 5.82 Å². The number of imidazole rings is 1. The van der Waals surface area contributed by atoms with Crippen molar-refractivity contribution >= 4 is 33.9 Å². The van der Waals surface area contributed by atoms with E-state index in [1.807, 2.05) is 49.4 Å². The first-order chi connectivity index (χ1) is 14.1. The van der Waals surface area contributed by atoms with Gasteiger partial charge in [-0.2, -0.15) is 5.26 Å². The summed E-state index contributed by atoms with van der Waals surface area (Å²) in [5.41, 5.74) is 2.90. The number of para-hydroxylation sites is 2. The molecule has 0 saturated carbocycles. The van der Waals surface area contributed by atoms with Crippen molar-refractivity contribution in [2.45, 2.75) is 13.0 Å². The number of H-pyrrole nitrogens is 1. The van der Waals surface area contributed by atoms with E-state index in [1.165, 1.54) is 0 Å². The molecule has 148 valence electrons. The van der Waals surface area contributed by atoms with Gasteiger partial charge in [0, 0.05) is 36.9 Å². The molecule has 1 aliphatic rings. The van der Waals surface area contributed by atoms with Crippen LogP contribution in [0.3, 0.4) is 0 Å². The van der Waals surface area contributed by atoms with Crippen LogP contribution in [0.25, 0.3) is 16.6 Å². The third kappa shape index (κ3) is 3.93. The van der Waals surface area contributed by atoms with Crippen molar-refractivity contribution < 1.29 is 5.11 Å². The maximum atomic E-state index is 10.9. The predicted molar refractivity (Wildman–Crippen MR) is 116 cm³/mol. The molecule has 2 aromatic carbocycles. The van der Waals surface area contributed by atoms with Crippen LogP contribution in [0.4, 0.5) is 5.69 Å². The Kier molecular flexibility index (Phi) is 5.43. The standard InChI is InChI=1S/C22H22ClN5O/c1-15(27-9-11-28(12-10-27)17-6-4-5-16(23)13-17)21(29)18(14-24)22-25-19-7-2-3-8-20(19)26-22/h2-8,13,15,29H,9-12H2,1H3,(H,25,26)/b21-18-/t15-/m0/s1. The minimum absolute atomic E-state index is 0.0442. The zero-order valence-electron chi connectivity index (χ0n) is 16.1. The summed E-state index contributed by atoms with van der Waals surface area (Å²) in [6.07, 6.45) is 0. The molecule has 7 heteroatoms. The number of allylic oxidation sites excluding steroid dienone is 1. The van der Waals surface area contributed by atoms with Crippen LogP contribution in [-0.2, 0) is 0 Å². The number of nitriles is 1. The van der Waals surface area contributed by atoms with Crippen LogP contribution >= 0.6 is 11.6 Å². The van der Waals surface area contributed by atoms with E-state index in [-0.39, 0.29) is 17.4 Å². The topological polar surface area (TPSA) is 79.2 Å². The molecule has 0 amide bonds. The summed E-state index contributed by atoms with van der Waals surface area (Å²) in [7, 11) is 0. The molecule has 0 unspecified atom stereocenters. The van der Waals surface area contributed by atoms with Gasteiger partial charge in [-0.3, -0.25) is 4.90 Å². The number of halogens is 1. The highest BCUT2D eigenvalue weighted by molar-refractivity contribution is 6.30. The first-order valence-corrected chi connectivity index (χ1v) is 9.97. The molecule has 6 nitrogen and oxygen atoms in total. The quantitative estimate of drug-likeness (QED) is 0.500. The van der Waals surface area contributed by atoms with Gasteiger partial charge >= 0.3 is 0 Å². The van der Waals surface area contributed by atoms with E-state index < -0.39 is 0 Å². The second kappa shape index (κ2) is 8.16. The van der Waals surface area contributed by atoms with E-state index in [2.05, 4.69) is 31.9 Å². The lowest BCUT2D eigenvalue weighted by Gasteiger charge is -2.39. The van der Waals surface area contributed by atoms with Gasteiger partial charge in [0.1, 0.15) is 17.4 Å². The van der Waals surface area contributed by atoms with Gasteiger partial charge in [0.05, 0.1) is 17.1 Å². The van der Waals surface area contributed by atoms with Crippen LogP contribution in [0.2, 0.25) is 5.02 Å². The highest BCUT2D eigenvalue weighted by Crippen LogP contribution is 2.25. The Balaban J connectivity index is 1.51. The lowest BCUT2D eigenvalue weighted by molar-refractivity contribution is 0.178. The number of piperazine rings is 1. The van der Waals surface area contributed by atoms with Crippen molar-refractivity contribution in [2.24, 2.45) is 0 Å². The fraction of sp³-hybridized carbons (Fsp3) is 0.273. The van der Waals surface area contributed by atoms with Crippen LogP contribution < -0.4 is 4.90 Å². The molecule has 29 heavy (non-hydrogen) atoms. The second-order valence-corrected chi connectivity index (χ2v) is 7.59. The number of aliphatic hydroxyl groups excluding tert-OH is 1. The second-order valence-electron chi connectivity index (χ2n) is 7.15. The maximum absolute atomic E-state index is 10.9. The van der Waals surface area contributed by atoms with Gasteiger partial charge in [-0.15, -0.1) is 0 Å². The zero-order valence-corrected chi connectivity index (χ0v) is 16.9. The number of nitrogens with zero attached hydrogens (tertiary/aromatic N) is 4.